The van der Waals surface area contributed by atoms with Crippen molar-refractivity contribution in [2.24, 2.45) is 10.7 Å². The van der Waals surface area contributed by atoms with E-state index in [1.165, 1.54) is 12.8 Å². The monoisotopic (exact) mass is 345 g/mol. The van der Waals surface area contributed by atoms with Crippen LogP contribution in [0, 0.1) is 0 Å². The Hall–Kier alpha value is -1.79. The molecule has 3 rings (SSSR count). The minimum Gasteiger partial charge on any atom is -0.493 e. The third-order valence-electron chi connectivity index (χ3n) is 5.27. The van der Waals surface area contributed by atoms with Crippen LogP contribution in [0.2, 0.25) is 0 Å². The molecule has 0 amide bonds. The molecule has 1 unspecified atom stereocenters. The zero-order valence-corrected chi connectivity index (χ0v) is 15.4. The first-order valence-electron chi connectivity index (χ1n) is 9.30. The van der Waals surface area contributed by atoms with E-state index < -0.39 is 0 Å². The number of rotatable bonds is 5. The second-order valence-electron chi connectivity index (χ2n) is 7.18. The molecule has 1 aromatic rings. The van der Waals surface area contributed by atoms with Gasteiger partial charge in [0.1, 0.15) is 5.75 Å². The predicted octanol–water partition coefficient (Wildman–Crippen LogP) is 1.44. The van der Waals surface area contributed by atoms with Gasteiger partial charge in [-0.2, -0.15) is 0 Å². The van der Waals surface area contributed by atoms with Crippen molar-refractivity contribution in [2.75, 3.05) is 46.9 Å². The van der Waals surface area contributed by atoms with Crippen LogP contribution in [0.25, 0.3) is 0 Å². The van der Waals surface area contributed by atoms with Crippen molar-refractivity contribution in [3.8, 4) is 5.75 Å². The third kappa shape index (κ3) is 4.86. The number of likely N-dealkylation sites (tertiary alicyclic amines) is 1. The summed E-state index contributed by atoms with van der Waals surface area (Å²) in [6.07, 6.45) is 3.39. The summed E-state index contributed by atoms with van der Waals surface area (Å²) in [6, 6.07) is 9.04. The van der Waals surface area contributed by atoms with Gasteiger partial charge in [0.15, 0.2) is 5.96 Å². The number of nitrogens with one attached hydrogen (secondary N) is 1. The number of fused-ring (bicyclic) bond motifs is 1. The summed E-state index contributed by atoms with van der Waals surface area (Å²) in [4.78, 5) is 9.35. The smallest absolute Gasteiger partial charge is 0.189 e. The molecule has 2 aliphatic rings. The van der Waals surface area contributed by atoms with Crippen molar-refractivity contribution in [1.82, 2.24) is 15.1 Å². The van der Waals surface area contributed by atoms with E-state index in [0.29, 0.717) is 12.6 Å². The third-order valence-corrected chi connectivity index (χ3v) is 5.27. The van der Waals surface area contributed by atoms with Crippen molar-refractivity contribution in [1.29, 1.82) is 0 Å². The van der Waals surface area contributed by atoms with Crippen molar-refractivity contribution in [3.63, 3.8) is 0 Å². The van der Waals surface area contributed by atoms with Crippen LogP contribution in [0.5, 0.6) is 5.75 Å². The number of nitrogens with zero attached hydrogens (tertiary/aromatic N) is 3. The molecule has 1 saturated heterocycles. The lowest BCUT2D eigenvalue weighted by atomic mass is 10.0. The lowest BCUT2D eigenvalue weighted by molar-refractivity contribution is 0.148. The highest BCUT2D eigenvalue weighted by molar-refractivity contribution is 5.78. The van der Waals surface area contributed by atoms with Crippen LogP contribution < -0.4 is 15.8 Å². The molecule has 1 atom stereocenters. The van der Waals surface area contributed by atoms with Crippen molar-refractivity contribution in [3.05, 3.63) is 29.8 Å². The Labute approximate surface area is 151 Å². The fraction of sp³-hybridized carbons (Fsp3) is 0.632. The molecule has 2 heterocycles. The molecule has 2 aliphatic heterocycles. The first-order chi connectivity index (χ1) is 12.1. The first kappa shape index (κ1) is 18.0. The topological polar surface area (TPSA) is 66.1 Å². The molecule has 0 saturated carbocycles. The number of aliphatic imine (C=N–C) groups is 1. The summed E-state index contributed by atoms with van der Waals surface area (Å²) in [5.41, 5.74) is 7.28. The number of benzene rings is 1. The predicted molar refractivity (Wildman–Crippen MR) is 102 cm³/mol. The number of piperidine rings is 1. The summed E-state index contributed by atoms with van der Waals surface area (Å²) in [5.74, 6) is 1.48. The highest BCUT2D eigenvalue weighted by Crippen LogP contribution is 2.31. The van der Waals surface area contributed by atoms with Gasteiger partial charge < -0.3 is 25.6 Å². The van der Waals surface area contributed by atoms with Crippen LogP contribution in [0.1, 0.15) is 30.9 Å². The lowest BCUT2D eigenvalue weighted by Crippen LogP contribution is -2.43. The van der Waals surface area contributed by atoms with Gasteiger partial charge in [-0.15, -0.1) is 0 Å². The van der Waals surface area contributed by atoms with Gasteiger partial charge in [-0.05, 0) is 46.1 Å². The number of nitrogens with two attached hydrogens (primary N) is 1. The average molecular weight is 345 g/mol. The molecular formula is C19H31N5O. The lowest BCUT2D eigenvalue weighted by Gasteiger charge is -2.34. The van der Waals surface area contributed by atoms with Crippen molar-refractivity contribution >= 4 is 5.96 Å². The summed E-state index contributed by atoms with van der Waals surface area (Å²) < 4.78 is 5.69. The summed E-state index contributed by atoms with van der Waals surface area (Å²) >= 11 is 0. The van der Waals surface area contributed by atoms with Gasteiger partial charge in [-0.3, -0.25) is 4.99 Å². The molecule has 0 aromatic heterocycles. The molecule has 3 N–H and O–H groups in total. The van der Waals surface area contributed by atoms with E-state index in [4.69, 9.17) is 10.5 Å². The summed E-state index contributed by atoms with van der Waals surface area (Å²) in [5, 5.41) is 3.36. The van der Waals surface area contributed by atoms with Gasteiger partial charge in [0.25, 0.3) is 0 Å². The minimum absolute atomic E-state index is 0.185. The quantitative estimate of drug-likeness (QED) is 0.624. The van der Waals surface area contributed by atoms with Gasteiger partial charge in [-0.25, -0.2) is 0 Å². The summed E-state index contributed by atoms with van der Waals surface area (Å²) in [6.45, 7) is 4.74. The molecule has 6 nitrogen and oxygen atoms in total. The maximum absolute atomic E-state index is 6.11. The summed E-state index contributed by atoms with van der Waals surface area (Å²) in [7, 11) is 4.34. The Bertz CT molecular complexity index is 581. The Kier molecular flexibility index (Phi) is 6.15. The zero-order valence-electron chi connectivity index (χ0n) is 15.4. The van der Waals surface area contributed by atoms with E-state index >= 15 is 0 Å². The van der Waals surface area contributed by atoms with E-state index in [1.54, 1.807) is 0 Å². The highest BCUT2D eigenvalue weighted by Gasteiger charge is 2.22. The van der Waals surface area contributed by atoms with Gasteiger partial charge in [0.2, 0.25) is 0 Å². The standard InChI is InChI=1S/C19H31N5O/c1-23(2)15-7-11-24(12-8-15)13-10-21-19(20)22-17-9-14-25-18-6-4-3-5-16(17)18/h3-6,15,17H,7-14H2,1-2H3,(H3,20,21,22). The van der Waals surface area contributed by atoms with Crippen LogP contribution >= 0.6 is 0 Å². The molecule has 25 heavy (non-hydrogen) atoms. The molecule has 1 aromatic carbocycles. The second-order valence-corrected chi connectivity index (χ2v) is 7.18. The Morgan fingerprint density at radius 3 is 2.80 bits per heavy atom. The van der Waals surface area contributed by atoms with Gasteiger partial charge in [0, 0.05) is 24.6 Å². The Morgan fingerprint density at radius 1 is 1.28 bits per heavy atom. The molecule has 1 fully saturated rings. The Morgan fingerprint density at radius 2 is 2.04 bits per heavy atom. The molecule has 0 spiro atoms. The SMILES string of the molecule is CN(C)C1CCN(CCN=C(N)NC2CCOc3ccccc32)CC1. The van der Waals surface area contributed by atoms with Crippen molar-refractivity contribution in [2.45, 2.75) is 31.3 Å². The number of para-hydroxylation sites is 1. The molecule has 138 valence electrons. The van der Waals surface area contributed by atoms with Crippen LogP contribution in [-0.4, -0.2) is 68.7 Å². The number of hydrogen-bond acceptors (Lipinski definition) is 4. The highest BCUT2D eigenvalue weighted by atomic mass is 16.5. The van der Waals surface area contributed by atoms with Crippen LogP contribution in [-0.2, 0) is 0 Å². The maximum atomic E-state index is 6.11. The number of guanidine groups is 1. The fourth-order valence-electron chi connectivity index (χ4n) is 3.69. The fourth-order valence-corrected chi connectivity index (χ4v) is 3.69. The van der Waals surface area contributed by atoms with Crippen LogP contribution in [0.3, 0.4) is 0 Å². The molecule has 0 aliphatic carbocycles. The van der Waals surface area contributed by atoms with E-state index in [0.717, 1.165) is 50.0 Å². The van der Waals surface area contributed by atoms with Gasteiger partial charge in [-0.1, -0.05) is 18.2 Å². The molecule has 6 heteroatoms. The molecule has 0 bridgehead atoms. The number of ether oxygens (including phenoxy) is 1. The second kappa shape index (κ2) is 8.54. The average Bonchev–Trinajstić information content (AvgIpc) is 2.62. The first-order valence-corrected chi connectivity index (χ1v) is 9.30. The minimum atomic E-state index is 0.185. The van der Waals surface area contributed by atoms with Gasteiger partial charge in [0.05, 0.1) is 19.2 Å². The van der Waals surface area contributed by atoms with E-state index in [-0.39, 0.29) is 6.04 Å². The molecular weight excluding hydrogens is 314 g/mol. The Balaban J connectivity index is 1.44. The zero-order chi connectivity index (χ0) is 17.6. The molecule has 0 radical (unpaired) electrons. The largest absolute Gasteiger partial charge is 0.493 e. The normalized spacial score (nSPS) is 22.5. The van der Waals surface area contributed by atoms with Crippen LogP contribution in [0.4, 0.5) is 0 Å². The van der Waals surface area contributed by atoms with Crippen LogP contribution in [0.15, 0.2) is 29.3 Å². The van der Waals surface area contributed by atoms with Crippen molar-refractivity contribution < 1.29 is 4.74 Å². The number of hydrogen-bond donors (Lipinski definition) is 2. The maximum Gasteiger partial charge on any atom is 0.189 e. The van der Waals surface area contributed by atoms with E-state index in [2.05, 4.69) is 40.3 Å². The van der Waals surface area contributed by atoms with E-state index in [1.807, 2.05) is 18.2 Å². The van der Waals surface area contributed by atoms with Gasteiger partial charge >= 0.3 is 0 Å². The van der Waals surface area contributed by atoms with E-state index in [9.17, 15) is 0 Å².